The topological polar surface area (TPSA) is 139 Å². The molecule has 3 atom stereocenters. The molecule has 1 aromatic carbocycles. The van der Waals surface area contributed by atoms with Crippen molar-refractivity contribution in [3.05, 3.63) is 33.9 Å². The van der Waals surface area contributed by atoms with Gasteiger partial charge >= 0.3 is 12.0 Å². The summed E-state index contributed by atoms with van der Waals surface area (Å²) in [5.74, 6) is -2.32. The molecule has 0 unspecified atom stereocenters. The highest BCUT2D eigenvalue weighted by molar-refractivity contribution is 6.20. The quantitative estimate of drug-likeness (QED) is 0.324. The fraction of sp³-hybridized carbons (Fsp3) is 0.500. The van der Waals surface area contributed by atoms with Crippen LogP contribution < -0.4 is 10.2 Å². The molecule has 164 valence electrons. The first-order valence-corrected chi connectivity index (χ1v) is 10.0. The number of carbonyl (C=O) groups is 4. The maximum absolute atomic E-state index is 13.4. The average molecular weight is 430 g/mol. The predicted molar refractivity (Wildman–Crippen MR) is 106 cm³/mol. The van der Waals surface area contributed by atoms with Crippen molar-refractivity contribution in [2.45, 2.75) is 32.2 Å². The summed E-state index contributed by atoms with van der Waals surface area (Å²) >= 11 is 0. The smallest absolute Gasteiger partial charge is 0.330 e. The van der Waals surface area contributed by atoms with Crippen molar-refractivity contribution in [1.82, 2.24) is 10.2 Å². The van der Waals surface area contributed by atoms with Gasteiger partial charge in [0.15, 0.2) is 5.41 Å². The monoisotopic (exact) mass is 430 g/mol. The molecule has 1 N–H and O–H groups in total. The fourth-order valence-corrected chi connectivity index (χ4v) is 4.95. The third kappa shape index (κ3) is 3.03. The van der Waals surface area contributed by atoms with Crippen LogP contribution in [0.4, 0.5) is 16.2 Å². The molecular formula is C20H22N4O7. The summed E-state index contributed by atoms with van der Waals surface area (Å²) in [6.07, 6.45) is 0.534. The van der Waals surface area contributed by atoms with Crippen LogP contribution in [0.5, 0.6) is 0 Å². The minimum atomic E-state index is -1.68. The molecule has 1 spiro atoms. The van der Waals surface area contributed by atoms with E-state index in [2.05, 4.69) is 5.32 Å². The second kappa shape index (κ2) is 7.33. The number of ether oxygens (including phenoxy) is 1. The number of fused-ring (bicyclic) bond motifs is 4. The van der Waals surface area contributed by atoms with Gasteiger partial charge in [-0.15, -0.1) is 0 Å². The molecule has 0 saturated carbocycles. The Labute approximate surface area is 177 Å². The van der Waals surface area contributed by atoms with Crippen LogP contribution in [-0.2, 0) is 25.5 Å². The predicted octanol–water partition coefficient (Wildman–Crippen LogP) is 0.994. The van der Waals surface area contributed by atoms with Crippen molar-refractivity contribution in [1.29, 1.82) is 0 Å². The number of non-ortho nitro benzene ring substituents is 1. The van der Waals surface area contributed by atoms with Gasteiger partial charge < -0.3 is 9.64 Å². The zero-order valence-electron chi connectivity index (χ0n) is 17.1. The molecular weight excluding hydrogens is 408 g/mol. The summed E-state index contributed by atoms with van der Waals surface area (Å²) in [6.45, 7) is 2.29. The number of carbonyl (C=O) groups excluding carboxylic acids is 4. The van der Waals surface area contributed by atoms with Crippen LogP contribution in [0.25, 0.3) is 0 Å². The standard InChI is InChI=1S/C20H22N4O7/c1-3-31-16(25)11-6-7-23-14-5-4-13(24(29)30)8-12(14)10-20(15(23)9-11)17(26)21-19(28)22(2)18(20)27/h4-5,8,11,15H,3,6-7,9-10H2,1-2H3,(H,21,26,28)/t11-,15-,20-/m0/s1. The molecule has 0 radical (unpaired) electrons. The number of amides is 4. The lowest BCUT2D eigenvalue weighted by molar-refractivity contribution is -0.384. The van der Waals surface area contributed by atoms with E-state index in [1.807, 2.05) is 4.90 Å². The summed E-state index contributed by atoms with van der Waals surface area (Å²) in [4.78, 5) is 64.5. The van der Waals surface area contributed by atoms with Crippen molar-refractivity contribution >= 4 is 35.2 Å². The lowest BCUT2D eigenvalue weighted by Crippen LogP contribution is -2.72. The number of imide groups is 2. The Hall–Kier alpha value is -3.50. The highest BCUT2D eigenvalue weighted by Gasteiger charge is 2.62. The molecule has 0 bridgehead atoms. The van der Waals surface area contributed by atoms with Gasteiger partial charge in [-0.2, -0.15) is 0 Å². The number of barbiturate groups is 1. The minimum absolute atomic E-state index is 0.108. The molecule has 2 saturated heterocycles. The van der Waals surface area contributed by atoms with Gasteiger partial charge in [0.05, 0.1) is 23.5 Å². The van der Waals surface area contributed by atoms with E-state index in [9.17, 15) is 29.3 Å². The summed E-state index contributed by atoms with van der Waals surface area (Å²) in [6, 6.07) is 2.83. The van der Waals surface area contributed by atoms with E-state index >= 15 is 0 Å². The average Bonchev–Trinajstić information content (AvgIpc) is 2.75. The number of urea groups is 1. The van der Waals surface area contributed by atoms with Crippen LogP contribution in [0, 0.1) is 21.4 Å². The first-order valence-electron chi connectivity index (χ1n) is 10.0. The number of hydrogen-bond acceptors (Lipinski definition) is 8. The maximum atomic E-state index is 13.4. The molecule has 11 heteroatoms. The minimum Gasteiger partial charge on any atom is -0.466 e. The van der Waals surface area contributed by atoms with Crippen LogP contribution >= 0.6 is 0 Å². The van der Waals surface area contributed by atoms with Gasteiger partial charge in [0.2, 0.25) is 11.8 Å². The second-order valence-electron chi connectivity index (χ2n) is 8.02. The van der Waals surface area contributed by atoms with Crippen molar-refractivity contribution in [2.75, 3.05) is 25.1 Å². The van der Waals surface area contributed by atoms with Crippen LogP contribution in [0.2, 0.25) is 0 Å². The number of rotatable bonds is 3. The Balaban J connectivity index is 1.84. The number of benzene rings is 1. The largest absolute Gasteiger partial charge is 0.466 e. The molecule has 31 heavy (non-hydrogen) atoms. The summed E-state index contributed by atoms with van der Waals surface area (Å²) in [7, 11) is 1.28. The molecule has 2 fully saturated rings. The number of nitro groups is 1. The highest BCUT2D eigenvalue weighted by atomic mass is 16.6. The van der Waals surface area contributed by atoms with Gasteiger partial charge in [-0.05, 0) is 31.4 Å². The third-order valence-corrected chi connectivity index (χ3v) is 6.46. The lowest BCUT2D eigenvalue weighted by atomic mass is 9.64. The number of piperidine rings is 1. The number of nitro benzene ring substituents is 1. The summed E-state index contributed by atoms with van der Waals surface area (Å²) in [5.41, 5.74) is -0.674. The summed E-state index contributed by atoms with van der Waals surface area (Å²) in [5, 5.41) is 13.5. The highest BCUT2D eigenvalue weighted by Crippen LogP contribution is 2.49. The number of anilines is 1. The van der Waals surface area contributed by atoms with Crippen molar-refractivity contribution in [3.8, 4) is 0 Å². The van der Waals surface area contributed by atoms with E-state index in [4.69, 9.17) is 4.74 Å². The Bertz CT molecular complexity index is 1010. The zero-order valence-corrected chi connectivity index (χ0v) is 17.1. The lowest BCUT2D eigenvalue weighted by Gasteiger charge is -2.54. The van der Waals surface area contributed by atoms with E-state index in [1.165, 1.54) is 19.2 Å². The number of nitrogens with zero attached hydrogens (tertiary/aromatic N) is 3. The van der Waals surface area contributed by atoms with Gasteiger partial charge in [0, 0.05) is 37.8 Å². The van der Waals surface area contributed by atoms with Crippen LogP contribution in [-0.4, -0.2) is 59.9 Å². The van der Waals surface area contributed by atoms with E-state index in [0.717, 1.165) is 4.90 Å². The van der Waals surface area contributed by atoms with Crippen molar-refractivity contribution < 1.29 is 28.8 Å². The van der Waals surface area contributed by atoms with Crippen molar-refractivity contribution in [2.24, 2.45) is 11.3 Å². The zero-order chi connectivity index (χ0) is 22.5. The normalized spacial score (nSPS) is 27.5. The molecule has 3 aliphatic rings. The number of hydrogen-bond donors (Lipinski definition) is 1. The third-order valence-electron chi connectivity index (χ3n) is 6.46. The Morgan fingerprint density at radius 2 is 2.10 bits per heavy atom. The molecule has 11 nitrogen and oxygen atoms in total. The first kappa shape index (κ1) is 20.8. The number of nitrogens with one attached hydrogen (secondary N) is 1. The molecule has 0 aromatic heterocycles. The van der Waals surface area contributed by atoms with Crippen LogP contribution in [0.15, 0.2) is 18.2 Å². The van der Waals surface area contributed by atoms with Gasteiger partial charge in [-0.25, -0.2) is 4.79 Å². The Kier molecular flexibility index (Phi) is 4.91. The maximum Gasteiger partial charge on any atom is 0.330 e. The van der Waals surface area contributed by atoms with Gasteiger partial charge in [-0.1, -0.05) is 0 Å². The molecule has 3 heterocycles. The van der Waals surface area contributed by atoms with Crippen LogP contribution in [0.3, 0.4) is 0 Å². The fourth-order valence-electron chi connectivity index (χ4n) is 4.95. The SMILES string of the molecule is CCOC(=O)[C@H]1CCN2c3ccc([N+](=O)[O-])cc3C[C@@]3(C(=O)NC(=O)N(C)C3=O)[C@@H]2C1. The van der Waals surface area contributed by atoms with Crippen LogP contribution in [0.1, 0.15) is 25.3 Å². The molecule has 3 aliphatic heterocycles. The molecule has 1 aromatic rings. The van der Waals surface area contributed by atoms with Gasteiger partial charge in [0.25, 0.3) is 5.69 Å². The van der Waals surface area contributed by atoms with E-state index in [1.54, 1.807) is 13.0 Å². The van der Waals surface area contributed by atoms with E-state index < -0.39 is 40.1 Å². The Morgan fingerprint density at radius 1 is 1.35 bits per heavy atom. The molecule has 4 amide bonds. The van der Waals surface area contributed by atoms with Gasteiger partial charge in [-0.3, -0.25) is 34.7 Å². The Morgan fingerprint density at radius 3 is 2.77 bits per heavy atom. The molecule has 0 aliphatic carbocycles. The van der Waals surface area contributed by atoms with Gasteiger partial charge in [0.1, 0.15) is 0 Å². The molecule has 4 rings (SSSR count). The van der Waals surface area contributed by atoms with E-state index in [0.29, 0.717) is 24.2 Å². The first-order chi connectivity index (χ1) is 14.7. The number of esters is 1. The van der Waals surface area contributed by atoms with E-state index in [-0.39, 0.29) is 31.1 Å². The summed E-state index contributed by atoms with van der Waals surface area (Å²) < 4.78 is 5.16. The van der Waals surface area contributed by atoms with Crippen molar-refractivity contribution in [3.63, 3.8) is 0 Å². The second-order valence-corrected chi connectivity index (χ2v) is 8.02.